The molecule has 3 amide bonds. The van der Waals surface area contributed by atoms with E-state index in [1.807, 2.05) is 27.7 Å². The largest absolute Gasteiger partial charge is 0.354 e. The van der Waals surface area contributed by atoms with Crippen LogP contribution in [0.5, 0.6) is 0 Å². The van der Waals surface area contributed by atoms with E-state index >= 15 is 0 Å². The molecule has 0 saturated carbocycles. The first-order chi connectivity index (χ1) is 10.7. The number of nitrogens with zero attached hydrogens (tertiary/aromatic N) is 1. The number of hydrogen-bond acceptors (Lipinski definition) is 4. The summed E-state index contributed by atoms with van der Waals surface area (Å²) in [5.74, 6) is 0.648. The Hall–Kier alpha value is -1.24. The van der Waals surface area contributed by atoms with E-state index in [0.717, 1.165) is 6.42 Å². The zero-order valence-electron chi connectivity index (χ0n) is 14.8. The summed E-state index contributed by atoms with van der Waals surface area (Å²) >= 11 is 1.57. The van der Waals surface area contributed by atoms with Crippen LogP contribution < -0.4 is 10.6 Å². The summed E-state index contributed by atoms with van der Waals surface area (Å²) < 4.78 is 0. The number of rotatable bonds is 6. The molecule has 0 aromatic heterocycles. The van der Waals surface area contributed by atoms with Gasteiger partial charge >= 0.3 is 0 Å². The number of thioether (sulfide) groups is 1. The maximum atomic E-state index is 12.4. The van der Waals surface area contributed by atoms with Crippen molar-refractivity contribution in [3.05, 3.63) is 0 Å². The van der Waals surface area contributed by atoms with Crippen LogP contribution >= 0.6 is 11.8 Å². The van der Waals surface area contributed by atoms with E-state index in [9.17, 15) is 14.4 Å². The van der Waals surface area contributed by atoms with Crippen molar-refractivity contribution in [2.45, 2.75) is 59.5 Å². The minimum atomic E-state index is -0.598. The van der Waals surface area contributed by atoms with Crippen molar-refractivity contribution in [1.82, 2.24) is 15.5 Å². The molecule has 6 nitrogen and oxygen atoms in total. The topological polar surface area (TPSA) is 78.5 Å². The first-order valence-electron chi connectivity index (χ1n) is 8.11. The zero-order chi connectivity index (χ0) is 17.6. The van der Waals surface area contributed by atoms with Crippen LogP contribution in [0, 0.1) is 5.41 Å². The summed E-state index contributed by atoms with van der Waals surface area (Å²) in [4.78, 5) is 38.3. The van der Waals surface area contributed by atoms with Gasteiger partial charge in [0.25, 0.3) is 0 Å². The SMILES string of the molecule is CCCNC(=O)[C@H](C)NC(=O)[C@@H]1CSCN1C(=O)CC(C)(C)C. The van der Waals surface area contributed by atoms with E-state index in [-0.39, 0.29) is 23.1 Å². The summed E-state index contributed by atoms with van der Waals surface area (Å²) in [5.41, 5.74) is -0.112. The van der Waals surface area contributed by atoms with Crippen molar-refractivity contribution >= 4 is 29.5 Å². The summed E-state index contributed by atoms with van der Waals surface area (Å²) in [6, 6.07) is -1.09. The van der Waals surface area contributed by atoms with Gasteiger partial charge in [-0.2, -0.15) is 0 Å². The first kappa shape index (κ1) is 19.8. The van der Waals surface area contributed by atoms with Crippen molar-refractivity contribution in [2.24, 2.45) is 5.41 Å². The molecule has 0 radical (unpaired) electrons. The number of carbonyl (C=O) groups is 3. The molecule has 23 heavy (non-hydrogen) atoms. The number of amides is 3. The van der Waals surface area contributed by atoms with Gasteiger partial charge in [0.15, 0.2) is 0 Å². The van der Waals surface area contributed by atoms with Gasteiger partial charge in [0.05, 0.1) is 5.88 Å². The van der Waals surface area contributed by atoms with Crippen LogP contribution in [0.3, 0.4) is 0 Å². The van der Waals surface area contributed by atoms with Gasteiger partial charge in [0, 0.05) is 18.7 Å². The lowest BCUT2D eigenvalue weighted by atomic mass is 9.91. The normalized spacial score (nSPS) is 19.3. The fourth-order valence-corrected chi connectivity index (χ4v) is 3.42. The Bertz CT molecular complexity index is 448. The van der Waals surface area contributed by atoms with Crippen LogP contribution in [-0.4, -0.2) is 52.9 Å². The summed E-state index contributed by atoms with van der Waals surface area (Å²) in [5, 5.41) is 5.47. The lowest BCUT2D eigenvalue weighted by Gasteiger charge is -2.27. The molecule has 0 aromatic carbocycles. The maximum absolute atomic E-state index is 12.4. The van der Waals surface area contributed by atoms with Crippen molar-refractivity contribution < 1.29 is 14.4 Å². The Balaban J connectivity index is 2.60. The average Bonchev–Trinajstić information content (AvgIpc) is 2.92. The monoisotopic (exact) mass is 343 g/mol. The van der Waals surface area contributed by atoms with Crippen molar-refractivity contribution in [2.75, 3.05) is 18.2 Å². The molecule has 1 rings (SSSR count). The second-order valence-electron chi connectivity index (χ2n) is 7.14. The molecule has 2 N–H and O–H groups in total. The van der Waals surface area contributed by atoms with Crippen LogP contribution in [0.2, 0.25) is 0 Å². The van der Waals surface area contributed by atoms with E-state index in [0.29, 0.717) is 24.6 Å². The molecule has 132 valence electrons. The lowest BCUT2D eigenvalue weighted by Crippen LogP contribution is -2.53. The maximum Gasteiger partial charge on any atom is 0.244 e. The third-order valence-electron chi connectivity index (χ3n) is 3.49. The molecule has 1 saturated heterocycles. The third kappa shape index (κ3) is 6.41. The van der Waals surface area contributed by atoms with Crippen LogP contribution in [0.25, 0.3) is 0 Å². The van der Waals surface area contributed by atoms with Crippen LogP contribution in [0.1, 0.15) is 47.5 Å². The fourth-order valence-electron chi connectivity index (χ4n) is 2.24. The van der Waals surface area contributed by atoms with Crippen LogP contribution in [-0.2, 0) is 14.4 Å². The highest BCUT2D eigenvalue weighted by molar-refractivity contribution is 7.99. The Morgan fingerprint density at radius 3 is 2.52 bits per heavy atom. The summed E-state index contributed by atoms with van der Waals surface area (Å²) in [6.07, 6.45) is 1.25. The highest BCUT2D eigenvalue weighted by Gasteiger charge is 2.36. The molecule has 1 heterocycles. The highest BCUT2D eigenvalue weighted by Crippen LogP contribution is 2.26. The van der Waals surface area contributed by atoms with E-state index in [1.165, 1.54) is 0 Å². The van der Waals surface area contributed by atoms with Crippen LogP contribution in [0.4, 0.5) is 0 Å². The number of nitrogens with one attached hydrogen (secondary N) is 2. The highest BCUT2D eigenvalue weighted by atomic mass is 32.2. The predicted octanol–water partition coefficient (Wildman–Crippen LogP) is 1.35. The van der Waals surface area contributed by atoms with E-state index in [1.54, 1.807) is 23.6 Å². The van der Waals surface area contributed by atoms with Gasteiger partial charge in [-0.1, -0.05) is 27.7 Å². The third-order valence-corrected chi connectivity index (χ3v) is 4.50. The summed E-state index contributed by atoms with van der Waals surface area (Å²) in [6.45, 7) is 10.2. The lowest BCUT2D eigenvalue weighted by molar-refractivity contribution is -0.140. The van der Waals surface area contributed by atoms with Gasteiger partial charge in [0.2, 0.25) is 17.7 Å². The van der Waals surface area contributed by atoms with Gasteiger partial charge < -0.3 is 15.5 Å². The van der Waals surface area contributed by atoms with Gasteiger partial charge in [-0.3, -0.25) is 14.4 Å². The molecule has 7 heteroatoms. The Morgan fingerprint density at radius 1 is 1.30 bits per heavy atom. The average molecular weight is 343 g/mol. The Morgan fingerprint density at radius 2 is 1.96 bits per heavy atom. The van der Waals surface area contributed by atoms with E-state index in [2.05, 4.69) is 10.6 Å². The Labute approximate surface area is 143 Å². The van der Waals surface area contributed by atoms with Crippen molar-refractivity contribution in [1.29, 1.82) is 0 Å². The van der Waals surface area contributed by atoms with E-state index in [4.69, 9.17) is 0 Å². The first-order valence-corrected chi connectivity index (χ1v) is 9.26. The molecule has 0 unspecified atom stereocenters. The molecule has 0 spiro atoms. The minimum Gasteiger partial charge on any atom is -0.354 e. The van der Waals surface area contributed by atoms with Crippen LogP contribution in [0.15, 0.2) is 0 Å². The molecule has 0 aromatic rings. The predicted molar refractivity (Wildman–Crippen MR) is 92.9 cm³/mol. The van der Waals surface area contributed by atoms with Gasteiger partial charge in [-0.15, -0.1) is 11.8 Å². The van der Waals surface area contributed by atoms with Crippen molar-refractivity contribution in [3.8, 4) is 0 Å². The van der Waals surface area contributed by atoms with E-state index < -0.39 is 12.1 Å². The quantitative estimate of drug-likeness (QED) is 0.763. The molecule has 0 aliphatic carbocycles. The molecular formula is C16H29N3O3S. The smallest absolute Gasteiger partial charge is 0.244 e. The minimum absolute atomic E-state index is 0.00858. The van der Waals surface area contributed by atoms with Gasteiger partial charge in [0.1, 0.15) is 12.1 Å². The number of carbonyl (C=O) groups excluding carboxylic acids is 3. The molecule has 0 bridgehead atoms. The zero-order valence-corrected chi connectivity index (χ0v) is 15.6. The second kappa shape index (κ2) is 8.57. The molecule has 2 atom stereocenters. The fraction of sp³-hybridized carbons (Fsp3) is 0.812. The Kier molecular flexibility index (Phi) is 7.38. The van der Waals surface area contributed by atoms with Crippen molar-refractivity contribution in [3.63, 3.8) is 0 Å². The molecular weight excluding hydrogens is 314 g/mol. The standard InChI is InChI=1S/C16H29N3O3S/c1-6-7-17-14(21)11(2)18-15(22)12-9-23-10-19(12)13(20)8-16(3,4)5/h11-12H,6-10H2,1-5H3,(H,17,21)(H,18,22)/t11-,12-/m0/s1. The number of hydrogen-bond donors (Lipinski definition) is 2. The molecule has 1 aliphatic heterocycles. The summed E-state index contributed by atoms with van der Waals surface area (Å²) in [7, 11) is 0. The molecule has 1 aliphatic rings. The van der Waals surface area contributed by atoms with Gasteiger partial charge in [-0.05, 0) is 18.8 Å². The molecule has 1 fully saturated rings. The second-order valence-corrected chi connectivity index (χ2v) is 8.14. The van der Waals surface area contributed by atoms with Gasteiger partial charge in [-0.25, -0.2) is 0 Å².